The third-order valence-corrected chi connectivity index (χ3v) is 4.00. The smallest absolute Gasteiger partial charge is 0.239 e. The summed E-state index contributed by atoms with van der Waals surface area (Å²) in [4.78, 5) is 22.4. The molecule has 0 atom stereocenters. The van der Waals surface area contributed by atoms with Crippen molar-refractivity contribution in [2.45, 2.75) is 0 Å². The normalized spacial score (nSPS) is 16.4. The number of fused-ring (bicyclic) bond motifs is 3. The molecule has 0 radical (unpaired) electrons. The van der Waals surface area contributed by atoms with Crippen molar-refractivity contribution in [3.05, 3.63) is 48.3 Å². The maximum Gasteiger partial charge on any atom is 0.239 e. The van der Waals surface area contributed by atoms with Gasteiger partial charge in [0.25, 0.3) is 0 Å². The van der Waals surface area contributed by atoms with Crippen molar-refractivity contribution in [2.75, 3.05) is 11.5 Å². The Morgan fingerprint density at radius 1 is 1.18 bits per heavy atom. The molecule has 2 bridgehead atoms. The van der Waals surface area contributed by atoms with E-state index >= 15 is 0 Å². The first-order valence-electron chi connectivity index (χ1n) is 6.92. The van der Waals surface area contributed by atoms with E-state index < -0.39 is 0 Å². The molecule has 0 amide bonds. The van der Waals surface area contributed by atoms with Crippen molar-refractivity contribution in [1.82, 2.24) is 14.5 Å². The number of allylic oxidation sites excluding steroid dienone is 4. The average molecular weight is 290 g/mol. The van der Waals surface area contributed by atoms with Gasteiger partial charge in [0.15, 0.2) is 5.82 Å². The zero-order valence-electron chi connectivity index (χ0n) is 11.4. The summed E-state index contributed by atoms with van der Waals surface area (Å²) in [6.45, 7) is 0.451. The van der Waals surface area contributed by atoms with E-state index in [1.807, 2.05) is 47.5 Å². The van der Waals surface area contributed by atoms with Crippen LogP contribution in [0.3, 0.4) is 0 Å². The first-order chi connectivity index (χ1) is 10.9. The third-order valence-electron chi connectivity index (χ3n) is 4.00. The Morgan fingerprint density at radius 3 is 3.05 bits per heavy atom. The highest BCUT2D eigenvalue weighted by molar-refractivity contribution is 6.08. The zero-order chi connectivity index (χ0) is 14.7. The van der Waals surface area contributed by atoms with Gasteiger partial charge in [-0.3, -0.25) is 4.79 Å². The minimum Gasteiger partial charge on any atom is -0.487 e. The largest absolute Gasteiger partial charge is 0.487 e. The molecule has 5 rings (SSSR count). The molecule has 106 valence electrons. The van der Waals surface area contributed by atoms with Crippen LogP contribution in [0.4, 0.5) is 5.82 Å². The van der Waals surface area contributed by atoms with Gasteiger partial charge in [0, 0.05) is 6.20 Å². The van der Waals surface area contributed by atoms with E-state index in [9.17, 15) is 4.79 Å². The van der Waals surface area contributed by atoms with Crippen molar-refractivity contribution >= 4 is 34.4 Å². The molecule has 6 nitrogen and oxygen atoms in total. The van der Waals surface area contributed by atoms with Crippen molar-refractivity contribution in [3.63, 3.8) is 0 Å². The molecular weight excluding hydrogens is 280 g/mol. The Morgan fingerprint density at radius 2 is 2.14 bits per heavy atom. The van der Waals surface area contributed by atoms with Crippen LogP contribution >= 0.6 is 0 Å². The van der Waals surface area contributed by atoms with Crippen LogP contribution in [0.2, 0.25) is 0 Å². The summed E-state index contributed by atoms with van der Waals surface area (Å²) in [7, 11) is 0. The van der Waals surface area contributed by atoms with E-state index in [-0.39, 0.29) is 0 Å². The highest BCUT2D eigenvalue weighted by Crippen LogP contribution is 2.40. The summed E-state index contributed by atoms with van der Waals surface area (Å²) in [5.74, 6) is 1.88. The first-order valence-corrected chi connectivity index (χ1v) is 6.92. The standard InChI is InChI=1S/C16H10N4O2/c21-9-20-11-5-6-12-13-14(11)17-16(20)18-15(13)19-7-3-1-2-4-10(19)8-22-12/h1-7,9H,8H2. The van der Waals surface area contributed by atoms with E-state index in [0.717, 1.165) is 40.1 Å². The number of nitrogens with zero attached hydrogens (tertiary/aromatic N) is 4. The van der Waals surface area contributed by atoms with Crippen LogP contribution in [0.15, 0.2) is 48.3 Å². The van der Waals surface area contributed by atoms with Crippen molar-refractivity contribution in [3.8, 4) is 5.75 Å². The van der Waals surface area contributed by atoms with Gasteiger partial charge in [0.1, 0.15) is 17.9 Å². The van der Waals surface area contributed by atoms with Crippen LogP contribution in [0.25, 0.3) is 22.2 Å². The summed E-state index contributed by atoms with van der Waals surface area (Å²) in [6.07, 6.45) is 10.5. The number of carbonyl (C=O) groups excluding carboxylic acids is 1. The van der Waals surface area contributed by atoms with Gasteiger partial charge in [-0.15, -0.1) is 0 Å². The number of aromatic nitrogens is 3. The fraction of sp³-hybridized carbons (Fsp3) is 0.0625. The maximum atomic E-state index is 11.4. The van der Waals surface area contributed by atoms with Gasteiger partial charge in [-0.25, -0.2) is 9.55 Å². The summed E-state index contributed by atoms with van der Waals surface area (Å²) < 4.78 is 7.39. The minimum absolute atomic E-state index is 0.400. The number of carbonyl (C=O) groups is 1. The monoisotopic (exact) mass is 290 g/mol. The van der Waals surface area contributed by atoms with Crippen LogP contribution in [-0.2, 0) is 4.79 Å². The molecule has 2 aliphatic rings. The lowest BCUT2D eigenvalue weighted by Gasteiger charge is -2.19. The van der Waals surface area contributed by atoms with Crippen molar-refractivity contribution < 1.29 is 9.53 Å². The van der Waals surface area contributed by atoms with Crippen molar-refractivity contribution in [1.29, 1.82) is 0 Å². The van der Waals surface area contributed by atoms with Gasteiger partial charge in [-0.1, -0.05) is 12.2 Å². The lowest BCUT2D eigenvalue weighted by molar-refractivity contribution is 0.357. The molecule has 4 heterocycles. The second kappa shape index (κ2) is 3.94. The van der Waals surface area contributed by atoms with Gasteiger partial charge in [0.2, 0.25) is 12.2 Å². The Labute approximate surface area is 125 Å². The van der Waals surface area contributed by atoms with Gasteiger partial charge < -0.3 is 9.64 Å². The molecular formula is C16H10N4O2. The van der Waals surface area contributed by atoms with E-state index in [1.54, 1.807) is 0 Å². The number of hydrogen-bond acceptors (Lipinski definition) is 5. The molecule has 0 spiro atoms. The molecule has 0 aliphatic carbocycles. The Kier molecular flexibility index (Phi) is 2.06. The predicted molar refractivity (Wildman–Crippen MR) is 82.7 cm³/mol. The Bertz CT molecular complexity index is 1010. The number of ether oxygens (including phenoxy) is 1. The highest BCUT2D eigenvalue weighted by Gasteiger charge is 2.27. The van der Waals surface area contributed by atoms with Gasteiger partial charge in [-0.05, 0) is 24.3 Å². The van der Waals surface area contributed by atoms with Crippen LogP contribution < -0.4 is 9.64 Å². The highest BCUT2D eigenvalue weighted by atomic mass is 16.5. The van der Waals surface area contributed by atoms with E-state index in [0.29, 0.717) is 12.4 Å². The van der Waals surface area contributed by atoms with E-state index in [2.05, 4.69) is 9.97 Å². The second-order valence-electron chi connectivity index (χ2n) is 5.17. The summed E-state index contributed by atoms with van der Waals surface area (Å²) in [5, 5.41) is 0.834. The van der Waals surface area contributed by atoms with Gasteiger partial charge in [0.05, 0.1) is 16.6 Å². The lowest BCUT2D eigenvalue weighted by atomic mass is 10.2. The number of hydrogen-bond donors (Lipinski definition) is 0. The van der Waals surface area contributed by atoms with Crippen LogP contribution in [0.1, 0.15) is 0 Å². The molecule has 2 aliphatic heterocycles. The number of imidazole rings is 1. The number of rotatable bonds is 1. The number of benzene rings is 1. The molecule has 6 heteroatoms. The summed E-state index contributed by atoms with van der Waals surface area (Å²) in [6, 6.07) is 3.72. The molecule has 3 aromatic rings. The molecule has 0 N–H and O–H groups in total. The predicted octanol–water partition coefficient (Wildman–Crippen LogP) is 2.23. The minimum atomic E-state index is 0.400. The molecule has 22 heavy (non-hydrogen) atoms. The van der Waals surface area contributed by atoms with Crippen LogP contribution in [-0.4, -0.2) is 27.6 Å². The molecule has 0 saturated heterocycles. The third kappa shape index (κ3) is 1.31. The molecule has 0 saturated carbocycles. The summed E-state index contributed by atoms with van der Waals surface area (Å²) in [5.41, 5.74) is 2.47. The topological polar surface area (TPSA) is 60.3 Å². The fourth-order valence-corrected chi connectivity index (χ4v) is 2.99. The molecule has 0 fully saturated rings. The molecule has 2 aromatic heterocycles. The fourth-order valence-electron chi connectivity index (χ4n) is 2.99. The lowest BCUT2D eigenvalue weighted by Crippen LogP contribution is -2.19. The van der Waals surface area contributed by atoms with Gasteiger partial charge >= 0.3 is 0 Å². The van der Waals surface area contributed by atoms with Gasteiger partial charge in [-0.2, -0.15) is 4.98 Å². The SMILES string of the molecule is O=Cn1c2nc3c4c(ccc1c4n2)OCC1=CC=CC=CN13. The van der Waals surface area contributed by atoms with Crippen molar-refractivity contribution in [2.24, 2.45) is 0 Å². The molecule has 0 unspecified atom stereocenters. The van der Waals surface area contributed by atoms with Crippen LogP contribution in [0, 0.1) is 0 Å². The quantitative estimate of drug-likeness (QED) is 0.643. The molecule has 1 aromatic carbocycles. The maximum absolute atomic E-state index is 11.4. The summed E-state index contributed by atoms with van der Waals surface area (Å²) >= 11 is 0. The Hall–Kier alpha value is -3.15. The average Bonchev–Trinajstić information content (AvgIpc) is 2.67. The van der Waals surface area contributed by atoms with E-state index in [4.69, 9.17) is 4.74 Å². The van der Waals surface area contributed by atoms with Crippen LogP contribution in [0.5, 0.6) is 5.75 Å². The second-order valence-corrected chi connectivity index (χ2v) is 5.17. The van der Waals surface area contributed by atoms with E-state index in [1.165, 1.54) is 4.57 Å². The Balaban J connectivity index is 1.94. The zero-order valence-corrected chi connectivity index (χ0v) is 11.4. The number of anilines is 1. The first kappa shape index (κ1) is 11.5.